The summed E-state index contributed by atoms with van der Waals surface area (Å²) in [5.74, 6) is 1.28. The molecule has 124 valence electrons. The van der Waals surface area contributed by atoms with Gasteiger partial charge in [0.2, 0.25) is 5.91 Å². The Morgan fingerprint density at radius 1 is 1.04 bits per heavy atom. The molecule has 0 spiro atoms. The summed E-state index contributed by atoms with van der Waals surface area (Å²) in [4.78, 5) is 16.7. The lowest BCUT2D eigenvalue weighted by molar-refractivity contribution is -0.119. The first-order valence-corrected chi connectivity index (χ1v) is 8.66. The van der Waals surface area contributed by atoms with Gasteiger partial charge in [-0.15, -0.1) is 0 Å². The first-order valence-electron chi connectivity index (χ1n) is 8.66. The van der Waals surface area contributed by atoms with Crippen molar-refractivity contribution >= 4 is 11.6 Å². The van der Waals surface area contributed by atoms with E-state index in [-0.39, 0.29) is 7.33 Å². The van der Waals surface area contributed by atoms with E-state index in [0.717, 1.165) is 22.7 Å². The first-order chi connectivity index (χ1) is 11.3. The Balaban J connectivity index is 0.000000539. The maximum absolute atomic E-state index is 12.0. The van der Waals surface area contributed by atoms with E-state index in [4.69, 9.17) is 4.99 Å². The van der Waals surface area contributed by atoms with E-state index in [1.165, 1.54) is 6.42 Å². The van der Waals surface area contributed by atoms with Crippen molar-refractivity contribution in [3.8, 4) is 0 Å². The minimum absolute atomic E-state index is 0. The average Bonchev–Trinajstić information content (AvgIpc) is 3.38. The van der Waals surface area contributed by atoms with Gasteiger partial charge in [-0.1, -0.05) is 70.2 Å². The van der Waals surface area contributed by atoms with E-state index in [1.54, 1.807) is 0 Å². The zero-order chi connectivity index (χ0) is 16.8. The van der Waals surface area contributed by atoms with Crippen LogP contribution in [0.15, 0.2) is 58.9 Å². The molecule has 1 fully saturated rings. The van der Waals surface area contributed by atoms with Gasteiger partial charge in [0, 0.05) is 1.43 Å². The van der Waals surface area contributed by atoms with Gasteiger partial charge in [-0.3, -0.25) is 9.79 Å². The Morgan fingerprint density at radius 2 is 1.70 bits per heavy atom. The Hall–Kier alpha value is -2.16. The molecule has 1 aromatic rings. The number of aliphatic imine (C=N–C) groups is 1. The Labute approximate surface area is 140 Å². The standard InChI is InChI=1S/C16H14N2O.2C2H6.H2/c19-16-9-13(10-4-2-1-3-5-10)17-14-7-11-6-12(11)8-15(14)18-16;2*1-2;/h1-5,7-8,11-12H,6,9H2,(H,18,19);2*1-2H3;1H. The summed E-state index contributed by atoms with van der Waals surface area (Å²) in [5.41, 5.74) is 3.71. The van der Waals surface area contributed by atoms with E-state index in [2.05, 4.69) is 17.5 Å². The molecule has 0 aromatic heterocycles. The van der Waals surface area contributed by atoms with E-state index < -0.39 is 0 Å². The quantitative estimate of drug-likeness (QED) is 0.801. The third kappa shape index (κ3) is 3.98. The van der Waals surface area contributed by atoms with Crippen LogP contribution in [0.1, 0.15) is 47.5 Å². The second-order valence-electron chi connectivity index (χ2n) is 5.35. The van der Waals surface area contributed by atoms with E-state index in [0.29, 0.717) is 18.3 Å². The van der Waals surface area contributed by atoms with Gasteiger partial charge in [0.1, 0.15) is 0 Å². The van der Waals surface area contributed by atoms with E-state index in [1.807, 2.05) is 58.0 Å². The molecule has 1 saturated carbocycles. The number of fused-ring (bicyclic) bond motifs is 2. The predicted octanol–water partition coefficient (Wildman–Crippen LogP) is 4.71. The van der Waals surface area contributed by atoms with E-state index in [9.17, 15) is 4.79 Å². The molecule has 1 N–H and O–H groups in total. The van der Waals surface area contributed by atoms with Gasteiger partial charge < -0.3 is 5.32 Å². The molecule has 0 radical (unpaired) electrons. The Morgan fingerprint density at radius 3 is 2.39 bits per heavy atom. The average molecular weight is 312 g/mol. The van der Waals surface area contributed by atoms with Crippen molar-refractivity contribution < 1.29 is 6.22 Å². The molecule has 23 heavy (non-hydrogen) atoms. The van der Waals surface area contributed by atoms with Crippen molar-refractivity contribution in [3.63, 3.8) is 0 Å². The molecule has 3 heteroatoms. The molecule has 3 aliphatic rings. The molecule has 2 aliphatic carbocycles. The molecule has 3 nitrogen and oxygen atoms in total. The van der Waals surface area contributed by atoms with Crippen LogP contribution in [0.2, 0.25) is 0 Å². The molecule has 0 bridgehead atoms. The van der Waals surface area contributed by atoms with Crippen molar-refractivity contribution in [3.05, 3.63) is 59.4 Å². The summed E-state index contributed by atoms with van der Waals surface area (Å²) in [6.45, 7) is 8.00. The summed E-state index contributed by atoms with van der Waals surface area (Å²) in [7, 11) is 0. The second kappa shape index (κ2) is 7.91. The van der Waals surface area contributed by atoms with E-state index >= 15 is 0 Å². The molecule has 0 saturated heterocycles. The highest BCUT2D eigenvalue weighted by Gasteiger charge is 2.38. The number of hydrogen-bond donors (Lipinski definition) is 1. The zero-order valence-electron chi connectivity index (χ0n) is 14.5. The van der Waals surface area contributed by atoms with Crippen LogP contribution in [0, 0.1) is 11.8 Å². The van der Waals surface area contributed by atoms with Crippen molar-refractivity contribution in [2.24, 2.45) is 16.8 Å². The van der Waals surface area contributed by atoms with Crippen molar-refractivity contribution in [1.29, 1.82) is 0 Å². The summed E-state index contributed by atoms with van der Waals surface area (Å²) in [5, 5.41) is 2.98. The molecule has 2 unspecified atom stereocenters. The SMILES string of the molecule is CC.CC.O=C1CC(c2ccccc2)=NC2=CC3CC3C=C2N1.[HH]. The molecule has 1 aliphatic heterocycles. The van der Waals surface area contributed by atoms with Crippen LogP contribution in [0.5, 0.6) is 0 Å². The number of amides is 1. The molecule has 1 aromatic carbocycles. The van der Waals surface area contributed by atoms with Gasteiger partial charge in [0.05, 0.1) is 23.5 Å². The Kier molecular flexibility index (Phi) is 5.91. The number of benzene rings is 1. The summed E-state index contributed by atoms with van der Waals surface area (Å²) in [6, 6.07) is 9.93. The minimum atomic E-state index is 0. The molecule has 4 rings (SSSR count). The van der Waals surface area contributed by atoms with Gasteiger partial charge in [-0.2, -0.15) is 0 Å². The van der Waals surface area contributed by atoms with Crippen LogP contribution in [0.3, 0.4) is 0 Å². The minimum Gasteiger partial charge on any atom is -0.324 e. The number of rotatable bonds is 1. The summed E-state index contributed by atoms with van der Waals surface area (Å²) < 4.78 is 0. The smallest absolute Gasteiger partial charge is 0.230 e. The maximum atomic E-state index is 12.0. The largest absolute Gasteiger partial charge is 0.324 e. The van der Waals surface area contributed by atoms with Gasteiger partial charge in [0.15, 0.2) is 0 Å². The van der Waals surface area contributed by atoms with Crippen LogP contribution >= 0.6 is 0 Å². The highest BCUT2D eigenvalue weighted by atomic mass is 16.1. The number of hydrogen-bond acceptors (Lipinski definition) is 2. The molecule has 1 heterocycles. The lowest BCUT2D eigenvalue weighted by Gasteiger charge is -2.10. The molecular weight excluding hydrogens is 284 g/mol. The van der Waals surface area contributed by atoms with Gasteiger partial charge in [-0.25, -0.2) is 0 Å². The fourth-order valence-electron chi connectivity index (χ4n) is 2.74. The molecular formula is C20H28N2O. The highest BCUT2D eigenvalue weighted by molar-refractivity contribution is 6.12. The van der Waals surface area contributed by atoms with Crippen LogP contribution < -0.4 is 5.32 Å². The van der Waals surface area contributed by atoms with Gasteiger partial charge in [-0.05, 0) is 23.8 Å². The van der Waals surface area contributed by atoms with Gasteiger partial charge in [0.25, 0.3) is 0 Å². The van der Waals surface area contributed by atoms with Crippen LogP contribution in [-0.4, -0.2) is 11.6 Å². The third-order valence-corrected chi connectivity index (χ3v) is 3.88. The lowest BCUT2D eigenvalue weighted by atomic mass is 10.1. The van der Waals surface area contributed by atoms with Crippen LogP contribution in [0.25, 0.3) is 0 Å². The maximum Gasteiger partial charge on any atom is 0.230 e. The summed E-state index contributed by atoms with van der Waals surface area (Å²) in [6.07, 6.45) is 5.90. The topological polar surface area (TPSA) is 41.5 Å². The molecule has 2 atom stereocenters. The first kappa shape index (κ1) is 17.2. The lowest BCUT2D eigenvalue weighted by Crippen LogP contribution is -2.23. The van der Waals surface area contributed by atoms with Gasteiger partial charge >= 0.3 is 0 Å². The number of carbonyl (C=O) groups is 1. The zero-order valence-corrected chi connectivity index (χ0v) is 14.5. The summed E-state index contributed by atoms with van der Waals surface area (Å²) >= 11 is 0. The normalized spacial score (nSPS) is 23.7. The predicted molar refractivity (Wildman–Crippen MR) is 98.3 cm³/mol. The number of nitrogens with zero attached hydrogens (tertiary/aromatic N) is 1. The van der Waals surface area contributed by atoms with Crippen molar-refractivity contribution in [1.82, 2.24) is 5.32 Å². The fraction of sp³-hybridized carbons (Fsp3) is 0.400. The monoisotopic (exact) mass is 312 g/mol. The second-order valence-corrected chi connectivity index (χ2v) is 5.35. The number of carbonyl (C=O) groups excluding carboxylic acids is 1. The van der Waals surface area contributed by atoms with Crippen LogP contribution in [0.4, 0.5) is 0 Å². The Bertz CT molecular complexity index is 647. The third-order valence-electron chi connectivity index (χ3n) is 3.88. The van der Waals surface area contributed by atoms with Crippen LogP contribution in [-0.2, 0) is 4.79 Å². The van der Waals surface area contributed by atoms with Crippen molar-refractivity contribution in [2.75, 3.05) is 0 Å². The van der Waals surface area contributed by atoms with Crippen molar-refractivity contribution in [2.45, 2.75) is 40.5 Å². The number of nitrogens with one attached hydrogen (secondary N) is 1. The highest BCUT2D eigenvalue weighted by Crippen LogP contribution is 2.46. The fourth-order valence-corrected chi connectivity index (χ4v) is 2.74. The number of allylic oxidation sites excluding steroid dienone is 2. The molecule has 1 amide bonds.